The fourth-order valence-electron chi connectivity index (χ4n) is 3.12. The van der Waals surface area contributed by atoms with Crippen LogP contribution >= 0.6 is 0 Å². The third-order valence-corrected chi connectivity index (χ3v) is 4.49. The molecule has 6 heteroatoms. The van der Waals surface area contributed by atoms with Gasteiger partial charge in [0.2, 0.25) is 0 Å². The van der Waals surface area contributed by atoms with E-state index in [0.717, 1.165) is 5.56 Å². The van der Waals surface area contributed by atoms with Crippen molar-refractivity contribution < 1.29 is 19.4 Å². The minimum Gasteiger partial charge on any atom is -0.480 e. The molecule has 1 aromatic rings. The molecular formula is C13H14N2O4. The molecular weight excluding hydrogens is 248 g/mol. The Labute approximate surface area is 109 Å². The van der Waals surface area contributed by atoms with Gasteiger partial charge in [0.05, 0.1) is 12.2 Å². The fraction of sp³-hybridized carbons (Fsp3) is 0.462. The maximum atomic E-state index is 12.0. The zero-order valence-electron chi connectivity index (χ0n) is 10.4. The highest BCUT2D eigenvalue weighted by atomic mass is 16.5. The molecule has 1 aromatic heterocycles. The van der Waals surface area contributed by atoms with Gasteiger partial charge in [-0.05, 0) is 24.6 Å². The van der Waals surface area contributed by atoms with Gasteiger partial charge in [0.1, 0.15) is 5.41 Å². The number of aliphatic carboxylic acids is 1. The lowest BCUT2D eigenvalue weighted by molar-refractivity contribution is -0.218. The summed E-state index contributed by atoms with van der Waals surface area (Å²) in [5.41, 5.74) is 2.95. The summed E-state index contributed by atoms with van der Waals surface area (Å²) in [6.45, 7) is 1.82. The van der Waals surface area contributed by atoms with E-state index in [0.29, 0.717) is 6.42 Å². The highest BCUT2D eigenvalue weighted by Gasteiger charge is 2.90. The van der Waals surface area contributed by atoms with Crippen LogP contribution in [0.4, 0.5) is 0 Å². The number of carbonyl (C=O) groups excluding carboxylic acids is 1. The van der Waals surface area contributed by atoms with Crippen molar-refractivity contribution in [1.29, 1.82) is 0 Å². The second kappa shape index (κ2) is 3.40. The van der Waals surface area contributed by atoms with E-state index in [2.05, 4.69) is 4.98 Å². The molecule has 0 aromatic carbocycles. The number of nitrogens with two attached hydrogens (primary N) is 1. The molecule has 1 saturated heterocycles. The van der Waals surface area contributed by atoms with E-state index in [9.17, 15) is 14.7 Å². The molecule has 19 heavy (non-hydrogen) atoms. The van der Waals surface area contributed by atoms with Crippen molar-refractivity contribution in [1.82, 2.24) is 4.98 Å². The van der Waals surface area contributed by atoms with Crippen molar-refractivity contribution in [2.24, 2.45) is 11.1 Å². The van der Waals surface area contributed by atoms with E-state index in [-0.39, 0.29) is 6.61 Å². The van der Waals surface area contributed by atoms with Crippen LogP contribution in [0, 0.1) is 5.41 Å². The van der Waals surface area contributed by atoms with Gasteiger partial charge in [-0.15, -0.1) is 0 Å². The molecule has 100 valence electrons. The predicted octanol–water partition coefficient (Wildman–Crippen LogP) is -0.236. The maximum absolute atomic E-state index is 12.0. The lowest BCUT2D eigenvalue weighted by Gasteiger charge is -2.48. The van der Waals surface area contributed by atoms with Gasteiger partial charge in [-0.1, -0.05) is 0 Å². The van der Waals surface area contributed by atoms with Crippen LogP contribution in [0.3, 0.4) is 0 Å². The van der Waals surface area contributed by atoms with Crippen LogP contribution in [0.25, 0.3) is 0 Å². The van der Waals surface area contributed by atoms with Crippen molar-refractivity contribution >= 4 is 11.8 Å². The maximum Gasteiger partial charge on any atom is 0.332 e. The summed E-state index contributed by atoms with van der Waals surface area (Å²) in [5.74, 6) is -1.71. The molecule has 1 aliphatic heterocycles. The van der Waals surface area contributed by atoms with Crippen LogP contribution in [0.1, 0.15) is 12.5 Å². The van der Waals surface area contributed by atoms with Crippen molar-refractivity contribution in [3.05, 3.63) is 30.1 Å². The molecule has 3 unspecified atom stereocenters. The number of carbonyl (C=O) groups is 2. The molecule has 1 saturated carbocycles. The Bertz CT molecular complexity index is 575. The topological polar surface area (TPSA) is 103 Å². The Morgan fingerprint density at radius 3 is 2.58 bits per heavy atom. The minimum absolute atomic E-state index is 0.0796. The summed E-state index contributed by atoms with van der Waals surface area (Å²) >= 11 is 0. The number of carboxylic acid groups (broad SMARTS) is 1. The summed E-state index contributed by atoms with van der Waals surface area (Å²) in [5, 5.41) is 9.17. The summed E-state index contributed by atoms with van der Waals surface area (Å²) in [6.07, 6.45) is 3.73. The first-order valence-corrected chi connectivity index (χ1v) is 5.98. The monoisotopic (exact) mass is 262 g/mol. The molecule has 2 fully saturated rings. The quantitative estimate of drug-likeness (QED) is 0.729. The summed E-state index contributed by atoms with van der Waals surface area (Å²) < 4.78 is 5.53. The first kappa shape index (κ1) is 12.3. The SMILES string of the molecule is CC1(Cc2ccncc2)OCC12C(=O)C2(N)C(=O)O. The zero-order chi connectivity index (χ0) is 13.9. The average Bonchev–Trinajstić information content (AvgIpc) is 2.91. The van der Waals surface area contributed by atoms with Gasteiger partial charge in [-0.3, -0.25) is 9.78 Å². The Morgan fingerprint density at radius 2 is 2.16 bits per heavy atom. The number of ketones is 1. The molecule has 3 rings (SSSR count). The predicted molar refractivity (Wildman–Crippen MR) is 64.3 cm³/mol. The van der Waals surface area contributed by atoms with Crippen LogP contribution in [-0.4, -0.2) is 39.6 Å². The van der Waals surface area contributed by atoms with Gasteiger partial charge >= 0.3 is 5.97 Å². The Kier molecular flexibility index (Phi) is 2.19. The van der Waals surface area contributed by atoms with Gasteiger partial charge in [-0.25, -0.2) is 4.79 Å². The van der Waals surface area contributed by atoms with E-state index >= 15 is 0 Å². The first-order valence-electron chi connectivity index (χ1n) is 5.98. The molecule has 2 heterocycles. The van der Waals surface area contributed by atoms with Crippen LogP contribution < -0.4 is 5.73 Å². The highest BCUT2D eigenvalue weighted by Crippen LogP contribution is 2.65. The van der Waals surface area contributed by atoms with Gasteiger partial charge < -0.3 is 15.6 Å². The molecule has 3 atom stereocenters. The molecule has 1 aliphatic carbocycles. The lowest BCUT2D eigenvalue weighted by Crippen LogP contribution is -2.62. The second-order valence-electron chi connectivity index (χ2n) is 5.40. The van der Waals surface area contributed by atoms with Crippen LogP contribution in [0.5, 0.6) is 0 Å². The molecule has 0 bridgehead atoms. The van der Waals surface area contributed by atoms with Gasteiger partial charge in [-0.2, -0.15) is 0 Å². The number of aromatic nitrogens is 1. The molecule has 2 aliphatic rings. The normalized spacial score (nSPS) is 40.0. The first-order chi connectivity index (χ1) is 8.88. The minimum atomic E-state index is -1.80. The highest BCUT2D eigenvalue weighted by molar-refractivity contribution is 6.28. The van der Waals surface area contributed by atoms with E-state index in [4.69, 9.17) is 10.5 Å². The van der Waals surface area contributed by atoms with Gasteiger partial charge in [0.15, 0.2) is 11.3 Å². The van der Waals surface area contributed by atoms with Gasteiger partial charge in [0.25, 0.3) is 0 Å². The number of nitrogens with zero attached hydrogens (tertiary/aromatic N) is 1. The number of Topliss-reactive ketones (excluding diaryl/α,β-unsaturated/α-hetero) is 1. The average molecular weight is 262 g/mol. The molecule has 1 spiro atoms. The number of hydrogen-bond acceptors (Lipinski definition) is 5. The third-order valence-electron chi connectivity index (χ3n) is 4.49. The van der Waals surface area contributed by atoms with E-state index < -0.39 is 28.3 Å². The number of rotatable bonds is 3. The van der Waals surface area contributed by atoms with Gasteiger partial charge in [0, 0.05) is 18.8 Å². The van der Waals surface area contributed by atoms with E-state index in [1.54, 1.807) is 19.3 Å². The van der Waals surface area contributed by atoms with Crippen LogP contribution in [0.15, 0.2) is 24.5 Å². The Hall–Kier alpha value is -1.79. The van der Waals surface area contributed by atoms with Crippen molar-refractivity contribution in [2.75, 3.05) is 6.61 Å². The zero-order valence-corrected chi connectivity index (χ0v) is 10.4. The lowest BCUT2D eigenvalue weighted by atomic mass is 9.73. The van der Waals surface area contributed by atoms with E-state index in [1.807, 2.05) is 12.1 Å². The fourth-order valence-corrected chi connectivity index (χ4v) is 3.12. The molecule has 0 amide bonds. The van der Waals surface area contributed by atoms with Crippen molar-refractivity contribution in [3.63, 3.8) is 0 Å². The number of pyridine rings is 1. The molecule has 3 N–H and O–H groups in total. The van der Waals surface area contributed by atoms with Crippen LogP contribution in [0.2, 0.25) is 0 Å². The number of carboxylic acids is 1. The third kappa shape index (κ3) is 1.20. The molecule has 6 nitrogen and oxygen atoms in total. The summed E-state index contributed by atoms with van der Waals surface area (Å²) in [6, 6.07) is 3.62. The van der Waals surface area contributed by atoms with Crippen molar-refractivity contribution in [3.8, 4) is 0 Å². The van der Waals surface area contributed by atoms with E-state index in [1.165, 1.54) is 0 Å². The molecule has 0 radical (unpaired) electrons. The summed E-state index contributed by atoms with van der Waals surface area (Å²) in [7, 11) is 0. The second-order valence-corrected chi connectivity index (χ2v) is 5.40. The van der Waals surface area contributed by atoms with Crippen LogP contribution in [-0.2, 0) is 20.7 Å². The largest absolute Gasteiger partial charge is 0.480 e. The summed E-state index contributed by atoms with van der Waals surface area (Å²) in [4.78, 5) is 27.1. The standard InChI is InChI=1S/C13H14N2O4/c1-11(6-8-2-4-15-5-3-8)12(7-19-11)9(16)13(12,14)10(17)18/h2-5H,6-7,14H2,1H3,(H,17,18). The Morgan fingerprint density at radius 1 is 1.53 bits per heavy atom. The number of ether oxygens (including phenoxy) is 1. The number of hydrogen-bond donors (Lipinski definition) is 2. The Balaban J connectivity index is 1.91. The smallest absolute Gasteiger partial charge is 0.332 e. The van der Waals surface area contributed by atoms with Crippen molar-refractivity contribution in [2.45, 2.75) is 24.5 Å².